The van der Waals surface area contributed by atoms with Crippen LogP contribution in [-0.2, 0) is 5.92 Å². The van der Waals surface area contributed by atoms with Crippen LogP contribution >= 0.6 is 23.5 Å². The Morgan fingerprint density at radius 3 is 2.71 bits per heavy atom. The van der Waals surface area contributed by atoms with Gasteiger partial charge in [-0.1, -0.05) is 30.0 Å². The minimum absolute atomic E-state index is 0.00412. The summed E-state index contributed by atoms with van der Waals surface area (Å²) in [5.74, 6) is -2.33. The predicted octanol–water partition coefficient (Wildman–Crippen LogP) is 5.98. The Morgan fingerprint density at radius 1 is 1.29 bits per heavy atom. The molecule has 0 radical (unpaired) electrons. The summed E-state index contributed by atoms with van der Waals surface area (Å²) < 4.78 is 46.9. The molecule has 146 valence electrons. The molecule has 0 unspecified atom stereocenters. The van der Waals surface area contributed by atoms with Gasteiger partial charge in [-0.15, -0.1) is 11.8 Å². The number of alkyl halides is 2. The molecule has 1 fully saturated rings. The Hall–Kier alpha value is -2.24. The van der Waals surface area contributed by atoms with E-state index in [1.54, 1.807) is 7.11 Å². The molecule has 0 atom stereocenters. The van der Waals surface area contributed by atoms with Crippen molar-refractivity contribution in [1.82, 2.24) is 0 Å². The van der Waals surface area contributed by atoms with E-state index >= 15 is 0 Å². The van der Waals surface area contributed by atoms with Gasteiger partial charge in [0.05, 0.1) is 12.8 Å². The average molecular weight is 422 g/mol. The number of para-hydroxylation sites is 2. The van der Waals surface area contributed by atoms with E-state index in [-0.39, 0.29) is 15.4 Å². The number of ether oxygens (including phenoxy) is 1. The van der Waals surface area contributed by atoms with Gasteiger partial charge in [0.2, 0.25) is 0 Å². The normalized spacial score (nSPS) is 16.1. The summed E-state index contributed by atoms with van der Waals surface area (Å²) in [7, 11) is 1.57. The van der Waals surface area contributed by atoms with Gasteiger partial charge in [-0.3, -0.25) is 0 Å². The molecule has 0 aromatic heterocycles. The second kappa shape index (κ2) is 8.41. The van der Waals surface area contributed by atoms with Gasteiger partial charge in [0.15, 0.2) is 0 Å². The van der Waals surface area contributed by atoms with Gasteiger partial charge in [-0.25, -0.2) is 13.2 Å². The fourth-order valence-electron chi connectivity index (χ4n) is 2.76. The molecule has 2 aromatic carbocycles. The molecule has 0 bridgehead atoms. The smallest absolute Gasteiger partial charge is 0.270 e. The SMILES string of the molecule is COc1ccccc1N1CCS/C1=C(/C#N)Sc1cc(C(C)(F)F)ccc1F. The summed E-state index contributed by atoms with van der Waals surface area (Å²) in [6.45, 7) is 1.41. The predicted molar refractivity (Wildman–Crippen MR) is 107 cm³/mol. The maximum Gasteiger partial charge on any atom is 0.270 e. The number of hydrogen-bond donors (Lipinski definition) is 0. The fraction of sp³-hybridized carbons (Fsp3) is 0.250. The lowest BCUT2D eigenvalue weighted by atomic mass is 10.1. The summed E-state index contributed by atoms with van der Waals surface area (Å²) in [6, 6.07) is 12.7. The lowest BCUT2D eigenvalue weighted by molar-refractivity contribution is 0.0172. The molecule has 0 amide bonds. The van der Waals surface area contributed by atoms with E-state index in [1.165, 1.54) is 11.8 Å². The number of benzene rings is 2. The van der Waals surface area contributed by atoms with Crippen LogP contribution in [0.3, 0.4) is 0 Å². The van der Waals surface area contributed by atoms with Crippen molar-refractivity contribution in [3.63, 3.8) is 0 Å². The minimum atomic E-state index is -3.09. The standard InChI is InChI=1S/C20H17F3N2OS2/c1-20(22,23)13-7-8-14(21)17(11-13)28-18(12-24)19-25(9-10-27-19)15-5-3-4-6-16(15)26-2/h3-8,11H,9-10H2,1-2H3/b19-18-. The molecule has 1 heterocycles. The third-order valence-electron chi connectivity index (χ3n) is 4.12. The highest BCUT2D eigenvalue weighted by Gasteiger charge is 2.28. The number of nitriles is 1. The molecule has 1 saturated heterocycles. The van der Waals surface area contributed by atoms with E-state index < -0.39 is 11.7 Å². The molecule has 1 aliphatic heterocycles. The largest absolute Gasteiger partial charge is 0.495 e. The van der Waals surface area contributed by atoms with Crippen molar-refractivity contribution in [2.45, 2.75) is 17.7 Å². The van der Waals surface area contributed by atoms with Crippen LogP contribution in [-0.4, -0.2) is 19.4 Å². The third-order valence-corrected chi connectivity index (χ3v) is 6.36. The Balaban J connectivity index is 2.01. The van der Waals surface area contributed by atoms with Gasteiger partial charge in [0.1, 0.15) is 27.6 Å². The van der Waals surface area contributed by atoms with E-state index in [2.05, 4.69) is 6.07 Å². The molecule has 3 nitrogen and oxygen atoms in total. The van der Waals surface area contributed by atoms with Crippen molar-refractivity contribution in [2.75, 3.05) is 24.3 Å². The van der Waals surface area contributed by atoms with Gasteiger partial charge in [0.25, 0.3) is 5.92 Å². The second-order valence-electron chi connectivity index (χ2n) is 6.05. The Morgan fingerprint density at radius 2 is 2.04 bits per heavy atom. The number of nitrogens with zero attached hydrogens (tertiary/aromatic N) is 2. The van der Waals surface area contributed by atoms with E-state index in [1.807, 2.05) is 29.2 Å². The van der Waals surface area contributed by atoms with Crippen molar-refractivity contribution >= 4 is 29.2 Å². The molecule has 28 heavy (non-hydrogen) atoms. The summed E-state index contributed by atoms with van der Waals surface area (Å²) in [5.41, 5.74) is 0.506. The highest BCUT2D eigenvalue weighted by Crippen LogP contribution is 2.44. The summed E-state index contributed by atoms with van der Waals surface area (Å²) in [5, 5.41) is 10.3. The van der Waals surface area contributed by atoms with Crippen molar-refractivity contribution in [2.24, 2.45) is 0 Å². The molecule has 8 heteroatoms. The van der Waals surface area contributed by atoms with E-state index in [0.29, 0.717) is 17.3 Å². The van der Waals surface area contributed by atoms with Crippen molar-refractivity contribution < 1.29 is 17.9 Å². The Bertz CT molecular complexity index is 951. The average Bonchev–Trinajstić information content (AvgIpc) is 3.15. The van der Waals surface area contributed by atoms with Crippen LogP contribution in [0.5, 0.6) is 5.75 Å². The molecule has 0 aliphatic carbocycles. The number of thioether (sulfide) groups is 2. The van der Waals surface area contributed by atoms with Crippen molar-refractivity contribution in [1.29, 1.82) is 5.26 Å². The Kier molecular flexibility index (Phi) is 6.16. The monoisotopic (exact) mass is 422 g/mol. The van der Waals surface area contributed by atoms with Gasteiger partial charge < -0.3 is 9.64 Å². The first-order chi connectivity index (χ1) is 13.3. The highest BCUT2D eigenvalue weighted by molar-refractivity contribution is 8.07. The van der Waals surface area contributed by atoms with E-state index in [9.17, 15) is 18.4 Å². The van der Waals surface area contributed by atoms with Gasteiger partial charge in [-0.2, -0.15) is 5.26 Å². The molecule has 1 aliphatic rings. The number of anilines is 1. The zero-order valence-electron chi connectivity index (χ0n) is 15.2. The van der Waals surface area contributed by atoms with E-state index in [4.69, 9.17) is 4.74 Å². The van der Waals surface area contributed by atoms with Crippen LogP contribution in [0.25, 0.3) is 0 Å². The maximum atomic E-state index is 14.2. The van der Waals surface area contributed by atoms with Crippen molar-refractivity contribution in [3.05, 3.63) is 63.8 Å². The lowest BCUT2D eigenvalue weighted by Gasteiger charge is -2.22. The molecular formula is C20H17F3N2OS2. The van der Waals surface area contributed by atoms with E-state index in [0.717, 1.165) is 48.3 Å². The Labute approximate surface area is 170 Å². The molecule has 3 rings (SSSR count). The van der Waals surface area contributed by atoms with Crippen LogP contribution in [0, 0.1) is 17.1 Å². The van der Waals surface area contributed by atoms with Crippen LogP contribution < -0.4 is 9.64 Å². The first-order valence-electron chi connectivity index (χ1n) is 8.38. The number of methoxy groups -OCH3 is 1. The minimum Gasteiger partial charge on any atom is -0.495 e. The highest BCUT2D eigenvalue weighted by atomic mass is 32.2. The zero-order valence-corrected chi connectivity index (χ0v) is 16.8. The van der Waals surface area contributed by atoms with Crippen molar-refractivity contribution in [3.8, 4) is 11.8 Å². The number of rotatable bonds is 5. The molecule has 2 aromatic rings. The van der Waals surface area contributed by atoms with Crippen LogP contribution in [0.1, 0.15) is 12.5 Å². The summed E-state index contributed by atoms with van der Waals surface area (Å²) in [4.78, 5) is 2.19. The fourth-order valence-corrected chi connectivity index (χ4v) is 4.87. The number of hydrogen-bond acceptors (Lipinski definition) is 5. The topological polar surface area (TPSA) is 36.3 Å². The second-order valence-corrected chi connectivity index (χ2v) is 8.19. The molecule has 0 N–H and O–H groups in total. The van der Waals surface area contributed by atoms with Gasteiger partial charge in [-0.05, 0) is 24.3 Å². The quantitative estimate of drug-likeness (QED) is 0.437. The number of halogens is 3. The number of allylic oxidation sites excluding steroid dienone is 1. The summed E-state index contributed by atoms with van der Waals surface area (Å²) >= 11 is 2.33. The van der Waals surface area contributed by atoms with Crippen LogP contribution in [0.2, 0.25) is 0 Å². The van der Waals surface area contributed by atoms with Crippen LogP contribution in [0.4, 0.5) is 18.9 Å². The zero-order chi connectivity index (χ0) is 20.3. The molecule has 0 spiro atoms. The maximum absolute atomic E-state index is 14.2. The van der Waals surface area contributed by atoms with Crippen LogP contribution in [0.15, 0.2) is 57.3 Å². The molecular weight excluding hydrogens is 405 g/mol. The lowest BCUT2D eigenvalue weighted by Crippen LogP contribution is -2.18. The van der Waals surface area contributed by atoms with Gasteiger partial charge >= 0.3 is 0 Å². The third kappa shape index (κ3) is 4.26. The molecule has 0 saturated carbocycles. The first kappa shape index (κ1) is 20.5. The first-order valence-corrected chi connectivity index (χ1v) is 10.2. The summed E-state index contributed by atoms with van der Waals surface area (Å²) in [6.07, 6.45) is 0. The van der Waals surface area contributed by atoms with Gasteiger partial charge in [0, 0.05) is 29.7 Å².